The molecule has 1 atom stereocenters. The molecule has 32 heavy (non-hydrogen) atoms. The quantitative estimate of drug-likeness (QED) is 0.572. The van der Waals surface area contributed by atoms with Gasteiger partial charge in [0.15, 0.2) is 0 Å². The van der Waals surface area contributed by atoms with Gasteiger partial charge in [0, 0.05) is 42.5 Å². The third-order valence-corrected chi connectivity index (χ3v) is 6.84. The fourth-order valence-electron chi connectivity index (χ4n) is 5.30. The zero-order valence-corrected chi connectivity index (χ0v) is 18.4. The average Bonchev–Trinajstić information content (AvgIpc) is 3.23. The number of rotatable bonds is 6. The lowest BCUT2D eigenvalue weighted by atomic mass is 9.85. The predicted molar refractivity (Wildman–Crippen MR) is 127 cm³/mol. The molecule has 166 valence electrons. The molecule has 0 spiro atoms. The third-order valence-electron chi connectivity index (χ3n) is 6.84. The number of benzene rings is 2. The van der Waals surface area contributed by atoms with Crippen LogP contribution in [0.4, 0.5) is 4.39 Å². The van der Waals surface area contributed by atoms with E-state index < -0.39 is 0 Å². The summed E-state index contributed by atoms with van der Waals surface area (Å²) in [5.41, 5.74) is 4.46. The number of para-hydroxylation sites is 1. The molecule has 0 saturated carbocycles. The van der Waals surface area contributed by atoms with Gasteiger partial charge in [-0.2, -0.15) is 0 Å². The van der Waals surface area contributed by atoms with E-state index in [-0.39, 0.29) is 18.3 Å². The lowest BCUT2D eigenvalue weighted by Gasteiger charge is -2.39. The molecule has 0 radical (unpaired) electrons. The van der Waals surface area contributed by atoms with Gasteiger partial charge < -0.3 is 14.8 Å². The van der Waals surface area contributed by atoms with E-state index in [4.69, 9.17) is 0 Å². The molecule has 3 aromatic rings. The number of allylic oxidation sites excluding steroid dienone is 2. The number of nitrogens with zero attached hydrogens (tertiary/aromatic N) is 2. The molecule has 1 N–H and O–H groups in total. The highest BCUT2D eigenvalue weighted by Gasteiger charge is 2.26. The van der Waals surface area contributed by atoms with Crippen LogP contribution in [0.15, 0.2) is 66.5 Å². The van der Waals surface area contributed by atoms with Crippen LogP contribution in [0.25, 0.3) is 22.0 Å². The van der Waals surface area contributed by atoms with Crippen molar-refractivity contribution < 1.29 is 9.18 Å². The Bertz CT molecular complexity index is 1130. The number of carbonyl (C=O) groups excluding carboxylic acids is 1. The number of piperidine rings is 1. The standard InChI is InChI=1S/C27H30FN3O/c28-23-12-10-20(11-13-23)24-8-3-6-22-14-17-31(27(22)24)19-26(32)29-15-18-30-16-4-7-21-5-1-2-9-25(21)30/h3,6,8-14,17,21H,1-2,4-5,7,15-16,18-19H2,(H,29,32). The van der Waals surface area contributed by atoms with Gasteiger partial charge in [-0.1, -0.05) is 36.4 Å². The minimum absolute atomic E-state index is 0.0163. The molecule has 5 rings (SSSR count). The summed E-state index contributed by atoms with van der Waals surface area (Å²) in [6.07, 6.45) is 10.7. The van der Waals surface area contributed by atoms with Crippen LogP contribution in [0, 0.1) is 11.7 Å². The number of nitrogens with one attached hydrogen (secondary N) is 1. The van der Waals surface area contributed by atoms with Gasteiger partial charge in [0.1, 0.15) is 12.4 Å². The van der Waals surface area contributed by atoms with Crippen LogP contribution in [-0.4, -0.2) is 35.0 Å². The molecule has 2 aliphatic rings. The summed E-state index contributed by atoms with van der Waals surface area (Å²) in [5.74, 6) is 0.492. The second-order valence-corrected chi connectivity index (χ2v) is 8.93. The summed E-state index contributed by atoms with van der Waals surface area (Å²) in [5, 5.41) is 4.19. The maximum atomic E-state index is 13.4. The van der Waals surface area contributed by atoms with Crippen molar-refractivity contribution in [3.8, 4) is 11.1 Å². The van der Waals surface area contributed by atoms with E-state index in [0.29, 0.717) is 6.54 Å². The molecule has 5 heteroatoms. The second kappa shape index (κ2) is 9.19. The molecule has 1 amide bonds. The Balaban J connectivity index is 1.25. The molecule has 2 aromatic carbocycles. The maximum Gasteiger partial charge on any atom is 0.240 e. The number of aromatic nitrogens is 1. The van der Waals surface area contributed by atoms with E-state index in [0.717, 1.165) is 41.0 Å². The van der Waals surface area contributed by atoms with E-state index in [1.54, 1.807) is 12.1 Å². The Labute approximate surface area is 188 Å². The fourth-order valence-corrected chi connectivity index (χ4v) is 5.30. The van der Waals surface area contributed by atoms with E-state index in [9.17, 15) is 9.18 Å². The Kier molecular flexibility index (Phi) is 5.97. The fraction of sp³-hybridized carbons (Fsp3) is 0.370. The summed E-state index contributed by atoms with van der Waals surface area (Å²) < 4.78 is 15.4. The maximum absolute atomic E-state index is 13.4. The monoisotopic (exact) mass is 431 g/mol. The van der Waals surface area contributed by atoms with Gasteiger partial charge >= 0.3 is 0 Å². The number of carbonyl (C=O) groups is 1. The van der Waals surface area contributed by atoms with Gasteiger partial charge in [-0.05, 0) is 61.8 Å². The number of hydrogen-bond donors (Lipinski definition) is 1. The van der Waals surface area contributed by atoms with Crippen LogP contribution in [0.3, 0.4) is 0 Å². The van der Waals surface area contributed by atoms with Crippen molar-refractivity contribution in [1.29, 1.82) is 0 Å². The third kappa shape index (κ3) is 4.29. The van der Waals surface area contributed by atoms with Crippen LogP contribution >= 0.6 is 0 Å². The van der Waals surface area contributed by atoms with Gasteiger partial charge in [0.2, 0.25) is 5.91 Å². The van der Waals surface area contributed by atoms with Crippen molar-refractivity contribution in [2.24, 2.45) is 5.92 Å². The van der Waals surface area contributed by atoms with Crippen molar-refractivity contribution in [2.75, 3.05) is 19.6 Å². The normalized spacial score (nSPS) is 18.3. The average molecular weight is 432 g/mol. The van der Waals surface area contributed by atoms with Gasteiger partial charge in [-0.25, -0.2) is 4.39 Å². The van der Waals surface area contributed by atoms with Crippen molar-refractivity contribution in [3.63, 3.8) is 0 Å². The van der Waals surface area contributed by atoms with Crippen molar-refractivity contribution in [3.05, 3.63) is 72.3 Å². The Morgan fingerprint density at radius 3 is 2.78 bits per heavy atom. The lowest BCUT2D eigenvalue weighted by molar-refractivity contribution is -0.121. The minimum atomic E-state index is -0.250. The highest BCUT2D eigenvalue weighted by Crippen LogP contribution is 2.34. The molecule has 4 nitrogen and oxygen atoms in total. The first kappa shape index (κ1) is 20.8. The topological polar surface area (TPSA) is 37.3 Å². The molecule has 1 aliphatic carbocycles. The van der Waals surface area contributed by atoms with Gasteiger partial charge in [0.25, 0.3) is 0 Å². The van der Waals surface area contributed by atoms with Crippen LogP contribution in [0.2, 0.25) is 0 Å². The van der Waals surface area contributed by atoms with Crippen molar-refractivity contribution in [2.45, 2.75) is 38.6 Å². The SMILES string of the molecule is O=C(Cn1ccc2cccc(-c3ccc(F)cc3)c21)NCCN1CCCC2CCCC=C21. The Morgan fingerprint density at radius 2 is 1.91 bits per heavy atom. The van der Waals surface area contributed by atoms with Gasteiger partial charge in [-0.3, -0.25) is 4.79 Å². The smallest absolute Gasteiger partial charge is 0.240 e. The second-order valence-electron chi connectivity index (χ2n) is 8.93. The molecular formula is C27H30FN3O. The van der Waals surface area contributed by atoms with Crippen LogP contribution in [-0.2, 0) is 11.3 Å². The minimum Gasteiger partial charge on any atom is -0.373 e. The first-order valence-electron chi connectivity index (χ1n) is 11.7. The molecular weight excluding hydrogens is 401 g/mol. The van der Waals surface area contributed by atoms with E-state index >= 15 is 0 Å². The first-order chi connectivity index (χ1) is 15.7. The van der Waals surface area contributed by atoms with Crippen LogP contribution < -0.4 is 5.32 Å². The molecule has 2 heterocycles. The summed E-state index contributed by atoms with van der Waals surface area (Å²) in [4.78, 5) is 15.2. The highest BCUT2D eigenvalue weighted by atomic mass is 19.1. The predicted octanol–water partition coefficient (Wildman–Crippen LogP) is 5.34. The summed E-state index contributed by atoms with van der Waals surface area (Å²) in [6.45, 7) is 2.91. The molecule has 1 aliphatic heterocycles. The van der Waals surface area contributed by atoms with Crippen LogP contribution in [0.1, 0.15) is 32.1 Å². The van der Waals surface area contributed by atoms with E-state index in [2.05, 4.69) is 16.3 Å². The van der Waals surface area contributed by atoms with Gasteiger partial charge in [-0.15, -0.1) is 0 Å². The Morgan fingerprint density at radius 1 is 1.06 bits per heavy atom. The first-order valence-corrected chi connectivity index (χ1v) is 11.7. The van der Waals surface area contributed by atoms with E-state index in [1.807, 2.05) is 35.0 Å². The summed E-state index contributed by atoms with van der Waals surface area (Å²) in [7, 11) is 0. The number of amides is 1. The van der Waals surface area contributed by atoms with Gasteiger partial charge in [0.05, 0.1) is 5.52 Å². The van der Waals surface area contributed by atoms with Crippen LogP contribution in [0.5, 0.6) is 0 Å². The zero-order chi connectivity index (χ0) is 21.9. The highest BCUT2D eigenvalue weighted by molar-refractivity contribution is 5.95. The number of hydrogen-bond acceptors (Lipinski definition) is 2. The largest absolute Gasteiger partial charge is 0.373 e. The van der Waals surface area contributed by atoms with E-state index in [1.165, 1.54) is 49.9 Å². The molecule has 1 fully saturated rings. The summed E-state index contributed by atoms with van der Waals surface area (Å²) >= 11 is 0. The Hall–Kier alpha value is -3.08. The molecule has 1 unspecified atom stereocenters. The lowest BCUT2D eigenvalue weighted by Crippen LogP contribution is -2.40. The molecule has 1 saturated heterocycles. The zero-order valence-electron chi connectivity index (χ0n) is 18.4. The molecule has 1 aromatic heterocycles. The van der Waals surface area contributed by atoms with Crippen molar-refractivity contribution >= 4 is 16.8 Å². The number of fused-ring (bicyclic) bond motifs is 2. The number of halogens is 1. The number of likely N-dealkylation sites (tertiary alicyclic amines) is 1. The molecule has 0 bridgehead atoms. The van der Waals surface area contributed by atoms with Crippen molar-refractivity contribution in [1.82, 2.24) is 14.8 Å². The summed E-state index contributed by atoms with van der Waals surface area (Å²) in [6, 6.07) is 14.6.